The van der Waals surface area contributed by atoms with Crippen LogP contribution in [-0.2, 0) is 0 Å². The topological polar surface area (TPSA) is 12.0 Å². The molecule has 1 nitrogen and oxygen atoms in total. The molecule has 1 fully saturated rings. The first-order chi connectivity index (χ1) is 6.76. The van der Waals surface area contributed by atoms with Gasteiger partial charge in [-0.05, 0) is 31.1 Å². The Labute approximate surface area is 93.6 Å². The van der Waals surface area contributed by atoms with Gasteiger partial charge in [0.2, 0.25) is 0 Å². The normalized spacial score (nSPS) is 19.1. The van der Waals surface area contributed by atoms with E-state index in [2.05, 4.69) is 19.2 Å². The zero-order valence-corrected chi connectivity index (χ0v) is 10.4. The van der Waals surface area contributed by atoms with E-state index in [4.69, 9.17) is 11.6 Å². The molecule has 0 saturated heterocycles. The lowest BCUT2D eigenvalue weighted by atomic mass is 9.84. The maximum atomic E-state index is 6.07. The largest absolute Gasteiger partial charge is 0.313 e. The van der Waals surface area contributed by atoms with E-state index < -0.39 is 0 Å². The van der Waals surface area contributed by atoms with Crippen LogP contribution in [0.25, 0.3) is 0 Å². The molecular weight excluding hydrogens is 194 g/mol. The van der Waals surface area contributed by atoms with Crippen molar-refractivity contribution < 1.29 is 0 Å². The van der Waals surface area contributed by atoms with Gasteiger partial charge >= 0.3 is 0 Å². The van der Waals surface area contributed by atoms with E-state index in [1.807, 2.05) is 0 Å². The molecular formula is C12H24ClN. The lowest BCUT2D eigenvalue weighted by Gasteiger charge is -2.31. The molecule has 0 bridgehead atoms. The summed E-state index contributed by atoms with van der Waals surface area (Å²) >= 11 is 6.07. The highest BCUT2D eigenvalue weighted by Crippen LogP contribution is 2.28. The Bertz CT molecular complexity index is 140. The van der Waals surface area contributed by atoms with Crippen LogP contribution in [0.15, 0.2) is 0 Å². The molecule has 14 heavy (non-hydrogen) atoms. The number of rotatable bonds is 6. The third-order valence-electron chi connectivity index (χ3n) is 3.90. The molecule has 0 aliphatic heterocycles. The van der Waals surface area contributed by atoms with Crippen molar-refractivity contribution in [2.45, 2.75) is 58.4 Å². The van der Waals surface area contributed by atoms with Gasteiger partial charge in [0.25, 0.3) is 0 Å². The van der Waals surface area contributed by atoms with Crippen LogP contribution in [0.1, 0.15) is 52.4 Å². The molecule has 0 aromatic rings. The summed E-state index contributed by atoms with van der Waals surface area (Å²) in [6.45, 7) is 5.61. The molecule has 0 unspecified atom stereocenters. The monoisotopic (exact) mass is 217 g/mol. The van der Waals surface area contributed by atoms with Crippen molar-refractivity contribution in [3.05, 3.63) is 0 Å². The zero-order valence-electron chi connectivity index (χ0n) is 9.61. The maximum Gasteiger partial charge on any atom is 0.0291 e. The molecule has 1 aliphatic carbocycles. The fraction of sp³-hybridized carbons (Fsp3) is 1.00. The lowest BCUT2D eigenvalue weighted by Crippen LogP contribution is -2.39. The second-order valence-corrected chi connectivity index (χ2v) is 4.97. The Morgan fingerprint density at radius 3 is 2.21 bits per heavy atom. The third-order valence-corrected chi connectivity index (χ3v) is 4.47. The number of nitrogens with one attached hydrogen (secondary N) is 1. The molecule has 0 amide bonds. The molecule has 2 heteroatoms. The predicted octanol–water partition coefficient (Wildman–Crippen LogP) is 3.56. The van der Waals surface area contributed by atoms with Crippen molar-refractivity contribution in [3.63, 3.8) is 0 Å². The lowest BCUT2D eigenvalue weighted by molar-refractivity contribution is 0.272. The Hall–Kier alpha value is 0.250. The van der Waals surface area contributed by atoms with Crippen LogP contribution in [0.5, 0.6) is 0 Å². The molecule has 0 spiro atoms. The molecule has 0 radical (unpaired) electrons. The van der Waals surface area contributed by atoms with Crippen LogP contribution >= 0.6 is 11.6 Å². The first kappa shape index (κ1) is 12.3. The first-order valence-corrected chi connectivity index (χ1v) is 6.59. The Kier molecular flexibility index (Phi) is 5.25. The third kappa shape index (κ3) is 3.13. The molecule has 84 valence electrons. The molecule has 1 N–H and O–H groups in total. The summed E-state index contributed by atoms with van der Waals surface area (Å²) in [5.74, 6) is 0.791. The molecule has 0 atom stereocenters. The first-order valence-electron chi connectivity index (χ1n) is 6.05. The van der Waals surface area contributed by atoms with Crippen molar-refractivity contribution >= 4 is 11.6 Å². The summed E-state index contributed by atoms with van der Waals surface area (Å²) in [6.07, 6.45) is 7.92. The fourth-order valence-corrected chi connectivity index (χ4v) is 2.70. The van der Waals surface area contributed by atoms with Crippen molar-refractivity contribution in [1.82, 2.24) is 5.32 Å². The van der Waals surface area contributed by atoms with E-state index in [-0.39, 0.29) is 0 Å². The Balaban J connectivity index is 2.31. The van der Waals surface area contributed by atoms with Gasteiger partial charge in [-0.25, -0.2) is 0 Å². The van der Waals surface area contributed by atoms with Gasteiger partial charge in [-0.1, -0.05) is 26.7 Å². The minimum Gasteiger partial charge on any atom is -0.313 e. The second-order valence-electron chi connectivity index (χ2n) is 4.70. The average molecular weight is 218 g/mol. The second kappa shape index (κ2) is 5.97. The van der Waals surface area contributed by atoms with Gasteiger partial charge in [-0.3, -0.25) is 0 Å². The number of hydrogen-bond donors (Lipinski definition) is 1. The van der Waals surface area contributed by atoms with Crippen LogP contribution in [0.2, 0.25) is 0 Å². The highest BCUT2D eigenvalue weighted by molar-refractivity contribution is 6.18. The summed E-state index contributed by atoms with van der Waals surface area (Å²) in [4.78, 5) is 0. The van der Waals surface area contributed by atoms with E-state index in [9.17, 15) is 0 Å². The molecule has 1 saturated carbocycles. The molecule has 0 aromatic carbocycles. The number of alkyl halides is 1. The Morgan fingerprint density at radius 1 is 1.21 bits per heavy atom. The highest BCUT2D eigenvalue weighted by Gasteiger charge is 2.26. The van der Waals surface area contributed by atoms with Crippen molar-refractivity contribution in [2.75, 3.05) is 12.4 Å². The van der Waals surface area contributed by atoms with Crippen LogP contribution < -0.4 is 5.32 Å². The highest BCUT2D eigenvalue weighted by atomic mass is 35.5. The van der Waals surface area contributed by atoms with Crippen LogP contribution in [0, 0.1) is 5.41 Å². The van der Waals surface area contributed by atoms with E-state index in [0.29, 0.717) is 5.41 Å². The average Bonchev–Trinajstić information content (AvgIpc) is 2.74. The van der Waals surface area contributed by atoms with Gasteiger partial charge in [-0.2, -0.15) is 0 Å². The van der Waals surface area contributed by atoms with E-state index in [1.165, 1.54) is 38.5 Å². The van der Waals surface area contributed by atoms with E-state index in [0.717, 1.165) is 18.5 Å². The van der Waals surface area contributed by atoms with Crippen molar-refractivity contribution in [3.8, 4) is 0 Å². The summed E-state index contributed by atoms with van der Waals surface area (Å²) in [6, 6.07) is 0.774. The van der Waals surface area contributed by atoms with Gasteiger partial charge in [0.05, 0.1) is 0 Å². The standard InChI is InChI=1S/C12H24ClN/c1-3-12(4-2,9-13)10-14-11-7-5-6-8-11/h11,14H,3-10H2,1-2H3. The fourth-order valence-electron chi connectivity index (χ4n) is 2.23. The maximum absolute atomic E-state index is 6.07. The van der Waals surface area contributed by atoms with E-state index in [1.54, 1.807) is 0 Å². The minimum absolute atomic E-state index is 0.337. The van der Waals surface area contributed by atoms with Gasteiger partial charge in [0.1, 0.15) is 0 Å². The molecule has 0 aromatic heterocycles. The smallest absolute Gasteiger partial charge is 0.0291 e. The molecule has 1 rings (SSSR count). The van der Waals surface area contributed by atoms with Crippen molar-refractivity contribution in [1.29, 1.82) is 0 Å². The summed E-state index contributed by atoms with van der Waals surface area (Å²) in [5.41, 5.74) is 0.337. The van der Waals surface area contributed by atoms with Crippen LogP contribution in [-0.4, -0.2) is 18.5 Å². The SMILES string of the molecule is CCC(CC)(CCl)CNC1CCCC1. The summed E-state index contributed by atoms with van der Waals surface area (Å²) in [7, 11) is 0. The van der Waals surface area contributed by atoms with Crippen LogP contribution in [0.3, 0.4) is 0 Å². The quantitative estimate of drug-likeness (QED) is 0.671. The predicted molar refractivity (Wildman–Crippen MR) is 64.0 cm³/mol. The molecule has 0 heterocycles. The summed E-state index contributed by atoms with van der Waals surface area (Å²) in [5, 5.41) is 3.69. The Morgan fingerprint density at radius 2 is 1.79 bits per heavy atom. The van der Waals surface area contributed by atoms with Crippen molar-refractivity contribution in [2.24, 2.45) is 5.41 Å². The van der Waals surface area contributed by atoms with Gasteiger partial charge < -0.3 is 5.32 Å². The van der Waals surface area contributed by atoms with Gasteiger partial charge in [0.15, 0.2) is 0 Å². The molecule has 1 aliphatic rings. The van der Waals surface area contributed by atoms with E-state index >= 15 is 0 Å². The van der Waals surface area contributed by atoms with Gasteiger partial charge in [-0.15, -0.1) is 11.6 Å². The summed E-state index contributed by atoms with van der Waals surface area (Å²) < 4.78 is 0. The minimum atomic E-state index is 0.337. The number of halogens is 1. The zero-order chi connectivity index (χ0) is 10.4. The number of hydrogen-bond acceptors (Lipinski definition) is 1. The van der Waals surface area contributed by atoms with Gasteiger partial charge in [0, 0.05) is 18.5 Å². The van der Waals surface area contributed by atoms with Crippen LogP contribution in [0.4, 0.5) is 0 Å².